The molecule has 3 aromatic rings. The van der Waals surface area contributed by atoms with Crippen molar-refractivity contribution >= 4 is 17.7 Å². The minimum Gasteiger partial charge on any atom is -0.462 e. The summed E-state index contributed by atoms with van der Waals surface area (Å²) in [6.45, 7) is 2.12. The molecule has 25 heavy (non-hydrogen) atoms. The SMILES string of the molecule is CCOC(=O)c1ccc(Sc2nnc(Cc3ccccc3)n2C)nc1. The molecule has 0 N–H and O–H groups in total. The molecular weight excluding hydrogens is 336 g/mol. The predicted octanol–water partition coefficient (Wildman–Crippen LogP) is 3.13. The van der Waals surface area contributed by atoms with Gasteiger partial charge in [0.15, 0.2) is 5.16 Å². The lowest BCUT2D eigenvalue weighted by Crippen LogP contribution is -2.05. The van der Waals surface area contributed by atoms with E-state index in [2.05, 4.69) is 27.3 Å². The van der Waals surface area contributed by atoms with Crippen LogP contribution in [0, 0.1) is 0 Å². The summed E-state index contributed by atoms with van der Waals surface area (Å²) in [7, 11) is 1.94. The number of carbonyl (C=O) groups is 1. The number of ether oxygens (including phenoxy) is 1. The van der Waals surface area contributed by atoms with E-state index in [1.165, 1.54) is 23.5 Å². The first kappa shape index (κ1) is 17.2. The van der Waals surface area contributed by atoms with Crippen LogP contribution in [0.4, 0.5) is 0 Å². The van der Waals surface area contributed by atoms with Gasteiger partial charge < -0.3 is 9.30 Å². The average Bonchev–Trinajstić information content (AvgIpc) is 2.97. The zero-order valence-electron chi connectivity index (χ0n) is 14.0. The third-order valence-corrected chi connectivity index (χ3v) is 4.56. The lowest BCUT2D eigenvalue weighted by Gasteiger charge is -2.05. The third kappa shape index (κ3) is 4.24. The Labute approximate surface area is 150 Å². The summed E-state index contributed by atoms with van der Waals surface area (Å²) in [6.07, 6.45) is 2.24. The number of nitrogens with zero attached hydrogens (tertiary/aromatic N) is 4. The fraction of sp³-hybridized carbons (Fsp3) is 0.222. The smallest absolute Gasteiger partial charge is 0.339 e. The fourth-order valence-corrected chi connectivity index (χ4v) is 2.99. The Balaban J connectivity index is 1.70. The van der Waals surface area contributed by atoms with Crippen molar-refractivity contribution in [2.24, 2.45) is 7.05 Å². The highest BCUT2D eigenvalue weighted by Crippen LogP contribution is 2.25. The summed E-state index contributed by atoms with van der Waals surface area (Å²) in [6, 6.07) is 13.6. The van der Waals surface area contributed by atoms with Gasteiger partial charge in [0, 0.05) is 19.7 Å². The van der Waals surface area contributed by atoms with E-state index in [0.717, 1.165) is 22.4 Å². The van der Waals surface area contributed by atoms with Gasteiger partial charge in [0.25, 0.3) is 0 Å². The van der Waals surface area contributed by atoms with Gasteiger partial charge in [0.2, 0.25) is 0 Å². The molecule has 6 nitrogen and oxygen atoms in total. The van der Waals surface area contributed by atoms with E-state index in [1.54, 1.807) is 19.1 Å². The maximum Gasteiger partial charge on any atom is 0.339 e. The lowest BCUT2D eigenvalue weighted by molar-refractivity contribution is 0.0525. The van der Waals surface area contributed by atoms with Gasteiger partial charge in [-0.2, -0.15) is 0 Å². The summed E-state index contributed by atoms with van der Waals surface area (Å²) in [5.41, 5.74) is 1.63. The summed E-state index contributed by atoms with van der Waals surface area (Å²) in [5, 5.41) is 10.0. The molecule has 0 saturated heterocycles. The largest absolute Gasteiger partial charge is 0.462 e. The molecule has 0 aliphatic rings. The van der Waals surface area contributed by atoms with Crippen LogP contribution in [0.1, 0.15) is 28.7 Å². The molecule has 2 heterocycles. The summed E-state index contributed by atoms with van der Waals surface area (Å²) >= 11 is 1.41. The molecule has 0 aliphatic carbocycles. The van der Waals surface area contributed by atoms with Crippen LogP contribution in [0.25, 0.3) is 0 Å². The fourth-order valence-electron chi connectivity index (χ4n) is 2.24. The Hall–Kier alpha value is -2.67. The Morgan fingerprint density at radius 2 is 1.96 bits per heavy atom. The predicted molar refractivity (Wildman–Crippen MR) is 94.6 cm³/mol. The summed E-state index contributed by atoms with van der Waals surface area (Å²) in [5.74, 6) is 0.521. The number of pyridine rings is 1. The quantitative estimate of drug-likeness (QED) is 0.634. The van der Waals surface area contributed by atoms with E-state index in [0.29, 0.717) is 12.2 Å². The van der Waals surface area contributed by atoms with Crippen molar-refractivity contribution < 1.29 is 9.53 Å². The van der Waals surface area contributed by atoms with E-state index in [4.69, 9.17) is 4.74 Å². The number of hydrogen-bond acceptors (Lipinski definition) is 6. The molecule has 128 valence electrons. The molecule has 1 aromatic carbocycles. The van der Waals surface area contributed by atoms with Crippen LogP contribution in [0.5, 0.6) is 0 Å². The molecule has 0 radical (unpaired) electrons. The third-order valence-electron chi connectivity index (χ3n) is 3.57. The number of benzene rings is 1. The Bertz CT molecular complexity index is 847. The Morgan fingerprint density at radius 1 is 1.16 bits per heavy atom. The van der Waals surface area contributed by atoms with Gasteiger partial charge in [0.05, 0.1) is 12.2 Å². The first-order chi connectivity index (χ1) is 12.2. The molecule has 0 unspecified atom stereocenters. The second-order valence-corrected chi connectivity index (χ2v) is 6.32. The van der Waals surface area contributed by atoms with Crippen LogP contribution < -0.4 is 0 Å². The molecule has 0 saturated carbocycles. The van der Waals surface area contributed by atoms with Gasteiger partial charge in [-0.15, -0.1) is 10.2 Å². The van der Waals surface area contributed by atoms with Gasteiger partial charge in [-0.25, -0.2) is 9.78 Å². The van der Waals surface area contributed by atoms with Crippen LogP contribution in [0.15, 0.2) is 58.8 Å². The van der Waals surface area contributed by atoms with E-state index < -0.39 is 0 Å². The molecule has 0 amide bonds. The van der Waals surface area contributed by atoms with Crippen molar-refractivity contribution in [1.29, 1.82) is 0 Å². The van der Waals surface area contributed by atoms with Crippen LogP contribution >= 0.6 is 11.8 Å². The van der Waals surface area contributed by atoms with E-state index in [-0.39, 0.29) is 5.97 Å². The summed E-state index contributed by atoms with van der Waals surface area (Å²) < 4.78 is 6.91. The van der Waals surface area contributed by atoms with Gasteiger partial charge in [-0.05, 0) is 36.4 Å². The Morgan fingerprint density at radius 3 is 2.64 bits per heavy atom. The molecule has 0 fully saturated rings. The molecule has 0 spiro atoms. The number of aromatic nitrogens is 4. The highest BCUT2D eigenvalue weighted by atomic mass is 32.2. The minimum absolute atomic E-state index is 0.346. The van der Waals surface area contributed by atoms with Crippen LogP contribution in [-0.2, 0) is 18.2 Å². The maximum absolute atomic E-state index is 11.6. The van der Waals surface area contributed by atoms with Crippen molar-refractivity contribution in [3.8, 4) is 0 Å². The second-order valence-electron chi connectivity index (χ2n) is 5.33. The minimum atomic E-state index is -0.365. The number of esters is 1. The van der Waals surface area contributed by atoms with Gasteiger partial charge >= 0.3 is 5.97 Å². The molecule has 3 rings (SSSR count). The van der Waals surface area contributed by atoms with E-state index in [1.807, 2.05) is 29.8 Å². The molecular formula is C18H18N4O2S. The van der Waals surface area contributed by atoms with Crippen molar-refractivity contribution in [3.63, 3.8) is 0 Å². The maximum atomic E-state index is 11.6. The molecule has 7 heteroatoms. The number of hydrogen-bond donors (Lipinski definition) is 0. The Kier molecular flexibility index (Phi) is 5.45. The lowest BCUT2D eigenvalue weighted by atomic mass is 10.1. The topological polar surface area (TPSA) is 69.9 Å². The van der Waals surface area contributed by atoms with Gasteiger partial charge in [-0.1, -0.05) is 30.3 Å². The molecule has 0 atom stereocenters. The van der Waals surface area contributed by atoms with Crippen molar-refractivity contribution in [2.45, 2.75) is 23.5 Å². The van der Waals surface area contributed by atoms with E-state index in [9.17, 15) is 4.79 Å². The summed E-state index contributed by atoms with van der Waals surface area (Å²) in [4.78, 5) is 15.9. The number of rotatable bonds is 6. The number of carbonyl (C=O) groups excluding carboxylic acids is 1. The monoisotopic (exact) mass is 354 g/mol. The zero-order valence-corrected chi connectivity index (χ0v) is 14.9. The molecule has 0 aliphatic heterocycles. The normalized spacial score (nSPS) is 10.6. The van der Waals surface area contributed by atoms with Crippen LogP contribution in [0.2, 0.25) is 0 Å². The molecule has 0 bridgehead atoms. The standard InChI is InChI=1S/C18H18N4O2S/c1-3-24-17(23)14-9-10-16(19-12-14)25-18-21-20-15(22(18)2)11-13-7-5-4-6-8-13/h4-10,12H,3,11H2,1-2H3. The van der Waals surface area contributed by atoms with Crippen LogP contribution in [-0.4, -0.2) is 32.3 Å². The first-order valence-corrected chi connectivity index (χ1v) is 8.72. The van der Waals surface area contributed by atoms with E-state index >= 15 is 0 Å². The van der Waals surface area contributed by atoms with Crippen molar-refractivity contribution in [2.75, 3.05) is 6.61 Å². The van der Waals surface area contributed by atoms with Crippen molar-refractivity contribution in [1.82, 2.24) is 19.7 Å². The first-order valence-electron chi connectivity index (χ1n) is 7.90. The van der Waals surface area contributed by atoms with Gasteiger partial charge in [-0.3, -0.25) is 0 Å². The van der Waals surface area contributed by atoms with Crippen molar-refractivity contribution in [3.05, 3.63) is 65.6 Å². The highest BCUT2D eigenvalue weighted by Gasteiger charge is 2.12. The highest BCUT2D eigenvalue weighted by molar-refractivity contribution is 7.99. The van der Waals surface area contributed by atoms with Crippen LogP contribution in [0.3, 0.4) is 0 Å². The average molecular weight is 354 g/mol. The second kappa shape index (κ2) is 7.94. The van der Waals surface area contributed by atoms with Gasteiger partial charge in [0.1, 0.15) is 10.9 Å². The molecule has 2 aromatic heterocycles. The zero-order chi connectivity index (χ0) is 17.6.